The largest absolute Gasteiger partial charge is 0.465 e. The summed E-state index contributed by atoms with van der Waals surface area (Å²) in [4.78, 5) is 19.7. The van der Waals surface area contributed by atoms with Crippen molar-refractivity contribution in [2.24, 2.45) is 4.99 Å². The van der Waals surface area contributed by atoms with Gasteiger partial charge in [-0.15, -0.1) is 0 Å². The number of carbonyl (C=O) groups excluding carboxylic acids is 1. The molecule has 0 saturated heterocycles. The van der Waals surface area contributed by atoms with Crippen molar-refractivity contribution in [2.75, 3.05) is 27.2 Å². The van der Waals surface area contributed by atoms with Gasteiger partial charge in [0.05, 0.1) is 18.0 Å². The fourth-order valence-corrected chi connectivity index (χ4v) is 2.45. The van der Waals surface area contributed by atoms with Gasteiger partial charge in [-0.05, 0) is 51.6 Å². The molecule has 0 radical (unpaired) electrons. The van der Waals surface area contributed by atoms with Gasteiger partial charge in [-0.1, -0.05) is 19.7 Å². The van der Waals surface area contributed by atoms with Gasteiger partial charge >= 0.3 is 5.97 Å². The normalized spacial score (nSPS) is 12.0. The molecule has 0 amide bonds. The second-order valence-corrected chi connectivity index (χ2v) is 5.92. The lowest BCUT2D eigenvalue weighted by Gasteiger charge is -2.30. The van der Waals surface area contributed by atoms with Crippen LogP contribution in [0, 0.1) is 0 Å². The molecule has 0 atom stereocenters. The van der Waals surface area contributed by atoms with E-state index in [1.165, 1.54) is 0 Å². The third-order valence-corrected chi connectivity index (χ3v) is 3.57. The van der Waals surface area contributed by atoms with Crippen LogP contribution in [0.3, 0.4) is 0 Å². The van der Waals surface area contributed by atoms with Crippen molar-refractivity contribution >= 4 is 12.7 Å². The standard InChI is InChI=1S/C20H31N3O2/c1-11-25-19(24)13-23(16(5)12-15(4)17(6)21-8)18(7)20(14(2)3)22(9)10/h12H,2,5-6,8,11,13H2,1,3-4,7,9-10H3/b15-12+,20-18-. The second kappa shape index (κ2) is 10.3. The number of carbonyl (C=O) groups is 1. The molecule has 0 aliphatic rings. The van der Waals surface area contributed by atoms with Crippen molar-refractivity contribution in [2.45, 2.75) is 27.7 Å². The summed E-state index contributed by atoms with van der Waals surface area (Å²) in [5.41, 5.74) is 4.69. The molecule has 0 aliphatic heterocycles. The van der Waals surface area contributed by atoms with Crippen molar-refractivity contribution in [1.82, 2.24) is 9.80 Å². The molecular formula is C20H31N3O2. The lowest BCUT2D eigenvalue weighted by atomic mass is 10.1. The highest BCUT2D eigenvalue weighted by Gasteiger charge is 2.19. The zero-order valence-corrected chi connectivity index (χ0v) is 16.5. The van der Waals surface area contributed by atoms with Crippen molar-refractivity contribution in [1.29, 1.82) is 0 Å². The number of aliphatic imine (C=N–C) groups is 1. The van der Waals surface area contributed by atoms with Gasteiger partial charge in [-0.3, -0.25) is 9.79 Å². The molecule has 0 unspecified atom stereocenters. The van der Waals surface area contributed by atoms with Crippen LogP contribution >= 0.6 is 0 Å². The van der Waals surface area contributed by atoms with Crippen LogP contribution in [-0.2, 0) is 9.53 Å². The summed E-state index contributed by atoms with van der Waals surface area (Å²) in [5.74, 6) is -0.324. The van der Waals surface area contributed by atoms with E-state index >= 15 is 0 Å². The molecule has 0 rings (SSSR count). The van der Waals surface area contributed by atoms with E-state index in [-0.39, 0.29) is 12.5 Å². The molecule has 5 nitrogen and oxygen atoms in total. The Labute approximate surface area is 152 Å². The van der Waals surface area contributed by atoms with Gasteiger partial charge < -0.3 is 14.5 Å². The summed E-state index contributed by atoms with van der Waals surface area (Å²) in [7, 11) is 3.87. The van der Waals surface area contributed by atoms with Crippen LogP contribution in [0.25, 0.3) is 0 Å². The number of hydrogen-bond acceptors (Lipinski definition) is 5. The maximum atomic E-state index is 12.1. The van der Waals surface area contributed by atoms with Gasteiger partial charge in [0.2, 0.25) is 0 Å². The third-order valence-electron chi connectivity index (χ3n) is 3.57. The summed E-state index contributed by atoms with van der Waals surface area (Å²) in [6, 6.07) is 0. The monoisotopic (exact) mass is 345 g/mol. The molecule has 0 aromatic heterocycles. The van der Waals surface area contributed by atoms with E-state index in [1.54, 1.807) is 6.92 Å². The third kappa shape index (κ3) is 6.83. The topological polar surface area (TPSA) is 45.1 Å². The van der Waals surface area contributed by atoms with Gasteiger partial charge in [0.1, 0.15) is 6.54 Å². The smallest absolute Gasteiger partial charge is 0.325 e. The molecule has 5 heteroatoms. The Bertz CT molecular complexity index is 625. The minimum atomic E-state index is -0.324. The molecule has 0 aromatic rings. The minimum absolute atomic E-state index is 0.0564. The lowest BCUT2D eigenvalue weighted by molar-refractivity contribution is -0.143. The van der Waals surface area contributed by atoms with Crippen molar-refractivity contribution in [3.63, 3.8) is 0 Å². The van der Waals surface area contributed by atoms with Crippen LogP contribution in [0.4, 0.5) is 0 Å². The Balaban J connectivity index is 6.02. The summed E-state index contributed by atoms with van der Waals surface area (Å²) in [5, 5.41) is 0. The predicted octanol–water partition coefficient (Wildman–Crippen LogP) is 3.90. The summed E-state index contributed by atoms with van der Waals surface area (Å²) < 4.78 is 5.10. The van der Waals surface area contributed by atoms with Crippen LogP contribution in [0.1, 0.15) is 27.7 Å². The Kier molecular flexibility index (Phi) is 9.28. The number of esters is 1. The maximum absolute atomic E-state index is 12.1. The van der Waals surface area contributed by atoms with Crippen LogP contribution in [0.2, 0.25) is 0 Å². The molecule has 0 spiro atoms. The Morgan fingerprint density at radius 1 is 1.16 bits per heavy atom. The first-order valence-electron chi connectivity index (χ1n) is 8.07. The summed E-state index contributed by atoms with van der Waals surface area (Å²) >= 11 is 0. The first kappa shape index (κ1) is 22.4. The van der Waals surface area contributed by atoms with Crippen LogP contribution in [0.5, 0.6) is 0 Å². The SMILES string of the molecule is C=NC(=C)/C(C)=C/C(=C)N(CC(=O)OCC)/C(C)=C(/C(=C)C)N(C)C. The highest BCUT2D eigenvalue weighted by atomic mass is 16.5. The van der Waals surface area contributed by atoms with Gasteiger partial charge in [-0.25, -0.2) is 0 Å². The highest BCUT2D eigenvalue weighted by Crippen LogP contribution is 2.23. The zero-order valence-electron chi connectivity index (χ0n) is 16.5. The van der Waals surface area contributed by atoms with E-state index in [9.17, 15) is 4.79 Å². The van der Waals surface area contributed by atoms with E-state index in [1.807, 2.05) is 50.7 Å². The highest BCUT2D eigenvalue weighted by molar-refractivity contribution is 5.72. The first-order chi connectivity index (χ1) is 11.6. The lowest BCUT2D eigenvalue weighted by Crippen LogP contribution is -2.31. The van der Waals surface area contributed by atoms with Crippen LogP contribution in [0.15, 0.2) is 64.7 Å². The van der Waals surface area contributed by atoms with Gasteiger partial charge in [0, 0.05) is 25.5 Å². The number of ether oxygens (including phenoxy) is 1. The fourth-order valence-electron chi connectivity index (χ4n) is 2.45. The number of rotatable bonds is 10. The fraction of sp³-hybridized carbons (Fsp3) is 0.400. The molecule has 0 aromatic carbocycles. The van der Waals surface area contributed by atoms with Crippen LogP contribution in [-0.4, -0.2) is 49.7 Å². The van der Waals surface area contributed by atoms with E-state index in [4.69, 9.17) is 4.74 Å². The van der Waals surface area contributed by atoms with E-state index in [0.29, 0.717) is 18.0 Å². The average Bonchev–Trinajstić information content (AvgIpc) is 2.50. The second-order valence-electron chi connectivity index (χ2n) is 5.92. The van der Waals surface area contributed by atoms with Crippen molar-refractivity contribution < 1.29 is 9.53 Å². The molecule has 0 bridgehead atoms. The molecule has 0 heterocycles. The molecular weight excluding hydrogens is 314 g/mol. The molecule has 138 valence electrons. The summed E-state index contributed by atoms with van der Waals surface area (Å²) in [6.07, 6.45) is 1.82. The van der Waals surface area contributed by atoms with E-state index < -0.39 is 0 Å². The minimum Gasteiger partial charge on any atom is -0.465 e. The maximum Gasteiger partial charge on any atom is 0.325 e. The number of likely N-dealkylation sites (N-methyl/N-ethyl adjacent to an activating group) is 1. The van der Waals surface area contributed by atoms with Gasteiger partial charge in [0.15, 0.2) is 0 Å². The van der Waals surface area contributed by atoms with E-state index in [0.717, 1.165) is 22.5 Å². The summed E-state index contributed by atoms with van der Waals surface area (Å²) in [6.45, 7) is 23.3. The van der Waals surface area contributed by atoms with Crippen molar-refractivity contribution in [3.8, 4) is 0 Å². The zero-order chi connectivity index (χ0) is 19.7. The molecule has 0 aliphatic carbocycles. The molecule has 0 saturated carbocycles. The Morgan fingerprint density at radius 3 is 2.12 bits per heavy atom. The first-order valence-corrected chi connectivity index (χ1v) is 8.07. The Hall–Kier alpha value is -2.56. The molecule has 0 fully saturated rings. The molecule has 25 heavy (non-hydrogen) atoms. The predicted molar refractivity (Wildman–Crippen MR) is 106 cm³/mol. The van der Waals surface area contributed by atoms with Crippen LogP contribution < -0.4 is 0 Å². The van der Waals surface area contributed by atoms with Crippen molar-refractivity contribution in [3.05, 3.63) is 59.7 Å². The van der Waals surface area contributed by atoms with E-state index in [2.05, 4.69) is 31.4 Å². The number of allylic oxidation sites excluding steroid dienone is 4. The molecule has 0 N–H and O–H groups in total. The Morgan fingerprint density at radius 2 is 1.72 bits per heavy atom. The van der Waals surface area contributed by atoms with Gasteiger partial charge in [0.25, 0.3) is 0 Å². The number of hydrogen-bond donors (Lipinski definition) is 0. The van der Waals surface area contributed by atoms with Gasteiger partial charge in [-0.2, -0.15) is 0 Å². The number of nitrogens with zero attached hydrogens (tertiary/aromatic N) is 3. The average molecular weight is 345 g/mol. The quantitative estimate of drug-likeness (QED) is 0.342.